The highest BCUT2D eigenvalue weighted by Crippen LogP contribution is 2.46. The molecule has 64 valence electrons. The molecule has 1 heterocycles. The molecule has 1 saturated heterocycles. The summed E-state index contributed by atoms with van der Waals surface area (Å²) in [4.78, 5) is 0. The van der Waals surface area contributed by atoms with Crippen LogP contribution in [0.25, 0.3) is 0 Å². The molecule has 0 nitrogen and oxygen atoms in total. The van der Waals surface area contributed by atoms with Crippen LogP contribution in [0.15, 0.2) is 0 Å². The van der Waals surface area contributed by atoms with E-state index in [1.807, 2.05) is 0 Å². The Balaban J connectivity index is 1.94. The van der Waals surface area contributed by atoms with E-state index in [9.17, 15) is 0 Å². The molecule has 0 aromatic rings. The van der Waals surface area contributed by atoms with Gasteiger partial charge in [0.25, 0.3) is 0 Å². The third kappa shape index (κ3) is 1.74. The minimum absolute atomic E-state index is 0.774. The lowest BCUT2D eigenvalue weighted by atomic mass is 9.84. The summed E-state index contributed by atoms with van der Waals surface area (Å²) in [5.41, 5.74) is 0. The van der Waals surface area contributed by atoms with Gasteiger partial charge in [-0.1, -0.05) is 25.7 Å². The lowest BCUT2D eigenvalue weighted by molar-refractivity contribution is 0.362. The molecule has 0 amide bonds. The van der Waals surface area contributed by atoms with Crippen molar-refractivity contribution in [2.45, 2.75) is 56.1 Å². The molecule has 0 radical (unpaired) electrons. The topological polar surface area (TPSA) is 0 Å². The van der Waals surface area contributed by atoms with Crippen molar-refractivity contribution in [1.82, 2.24) is 0 Å². The summed E-state index contributed by atoms with van der Waals surface area (Å²) in [6.45, 7) is 0. The van der Waals surface area contributed by atoms with Crippen LogP contribution in [0.4, 0.5) is 0 Å². The van der Waals surface area contributed by atoms with Crippen molar-refractivity contribution in [2.24, 2.45) is 0 Å². The van der Waals surface area contributed by atoms with Gasteiger partial charge >= 0.3 is 0 Å². The van der Waals surface area contributed by atoms with Crippen molar-refractivity contribution in [3.05, 3.63) is 0 Å². The van der Waals surface area contributed by atoms with Crippen molar-refractivity contribution in [2.75, 3.05) is 5.75 Å². The SMILES string of the molecule is C1CCC2(CC1)CCCCS2. The monoisotopic (exact) mass is 170 g/mol. The van der Waals surface area contributed by atoms with E-state index in [0.29, 0.717) is 0 Å². The molecule has 11 heavy (non-hydrogen) atoms. The average Bonchev–Trinajstić information content (AvgIpc) is 2.07. The highest BCUT2D eigenvalue weighted by Gasteiger charge is 2.33. The molecular weight excluding hydrogens is 152 g/mol. The molecule has 0 bridgehead atoms. The first kappa shape index (κ1) is 7.97. The summed E-state index contributed by atoms with van der Waals surface area (Å²) >= 11 is 2.29. The fourth-order valence-electron chi connectivity index (χ4n) is 2.50. The first-order valence-corrected chi connectivity index (χ1v) is 6.04. The van der Waals surface area contributed by atoms with Gasteiger partial charge in [0.05, 0.1) is 0 Å². The normalized spacial score (nSPS) is 30.5. The molecule has 0 aromatic carbocycles. The third-order valence-electron chi connectivity index (χ3n) is 3.20. The standard InChI is InChI=1S/C10H18S/c1-2-6-10(7-3-1)8-4-5-9-11-10/h1-9H2. The molecule has 1 aliphatic carbocycles. The van der Waals surface area contributed by atoms with Crippen LogP contribution >= 0.6 is 11.8 Å². The van der Waals surface area contributed by atoms with Crippen LogP contribution in [0.3, 0.4) is 0 Å². The average molecular weight is 170 g/mol. The zero-order chi connectivity index (χ0) is 7.57. The van der Waals surface area contributed by atoms with E-state index in [1.165, 1.54) is 57.1 Å². The number of hydrogen-bond donors (Lipinski definition) is 0. The van der Waals surface area contributed by atoms with E-state index in [1.54, 1.807) is 0 Å². The lowest BCUT2D eigenvalue weighted by Crippen LogP contribution is -2.30. The van der Waals surface area contributed by atoms with Gasteiger partial charge in [-0.3, -0.25) is 0 Å². The first-order valence-electron chi connectivity index (χ1n) is 5.05. The van der Waals surface area contributed by atoms with Crippen LogP contribution in [-0.4, -0.2) is 10.5 Å². The minimum Gasteiger partial charge on any atom is -0.155 e. The maximum absolute atomic E-state index is 2.29. The maximum Gasteiger partial charge on any atom is 0.0160 e. The Kier molecular flexibility index (Phi) is 2.45. The van der Waals surface area contributed by atoms with Crippen molar-refractivity contribution in [3.63, 3.8) is 0 Å². The molecule has 0 unspecified atom stereocenters. The number of rotatable bonds is 0. The Hall–Kier alpha value is 0.350. The third-order valence-corrected chi connectivity index (χ3v) is 4.92. The molecule has 0 atom stereocenters. The molecule has 2 rings (SSSR count). The van der Waals surface area contributed by atoms with E-state index in [0.717, 1.165) is 4.75 Å². The summed E-state index contributed by atoms with van der Waals surface area (Å²) in [5, 5.41) is 0. The lowest BCUT2D eigenvalue weighted by Gasteiger charge is -2.39. The Morgan fingerprint density at radius 2 is 1.36 bits per heavy atom. The molecule has 0 N–H and O–H groups in total. The predicted octanol–water partition coefficient (Wildman–Crippen LogP) is 3.61. The summed E-state index contributed by atoms with van der Waals surface area (Å²) in [5.74, 6) is 1.44. The van der Waals surface area contributed by atoms with Gasteiger partial charge in [-0.25, -0.2) is 0 Å². The van der Waals surface area contributed by atoms with Gasteiger partial charge in [-0.15, -0.1) is 0 Å². The van der Waals surface area contributed by atoms with Gasteiger partial charge in [0.15, 0.2) is 0 Å². The van der Waals surface area contributed by atoms with Crippen molar-refractivity contribution < 1.29 is 0 Å². The molecule has 0 aromatic heterocycles. The van der Waals surface area contributed by atoms with Crippen LogP contribution < -0.4 is 0 Å². The Morgan fingerprint density at radius 1 is 0.727 bits per heavy atom. The van der Waals surface area contributed by atoms with E-state index in [2.05, 4.69) is 11.8 Å². The number of hydrogen-bond acceptors (Lipinski definition) is 1. The molecule has 1 heteroatoms. The summed E-state index contributed by atoms with van der Waals surface area (Å²) in [7, 11) is 0. The van der Waals surface area contributed by atoms with E-state index in [4.69, 9.17) is 0 Å². The maximum atomic E-state index is 2.29. The Bertz CT molecular complexity index is 99.3. The molecule has 1 saturated carbocycles. The molecule has 2 aliphatic rings. The molecule has 1 aliphatic heterocycles. The Labute approximate surface area is 74.1 Å². The van der Waals surface area contributed by atoms with Crippen LogP contribution in [0.2, 0.25) is 0 Å². The van der Waals surface area contributed by atoms with E-state index < -0.39 is 0 Å². The summed E-state index contributed by atoms with van der Waals surface area (Å²) in [6, 6.07) is 0. The fourth-order valence-corrected chi connectivity index (χ4v) is 4.15. The van der Waals surface area contributed by atoms with Gasteiger partial charge in [0, 0.05) is 4.75 Å². The zero-order valence-corrected chi connectivity index (χ0v) is 8.09. The first-order chi connectivity index (χ1) is 5.41. The smallest absolute Gasteiger partial charge is 0.0160 e. The van der Waals surface area contributed by atoms with Crippen molar-refractivity contribution >= 4 is 11.8 Å². The Morgan fingerprint density at radius 3 is 1.91 bits per heavy atom. The molecule has 2 fully saturated rings. The van der Waals surface area contributed by atoms with Crippen LogP contribution in [0.1, 0.15) is 51.4 Å². The largest absolute Gasteiger partial charge is 0.155 e. The van der Waals surface area contributed by atoms with Crippen LogP contribution in [0.5, 0.6) is 0 Å². The van der Waals surface area contributed by atoms with Crippen LogP contribution in [0, 0.1) is 0 Å². The zero-order valence-electron chi connectivity index (χ0n) is 7.27. The highest BCUT2D eigenvalue weighted by molar-refractivity contribution is 8.00. The number of thioether (sulfide) groups is 1. The second kappa shape index (κ2) is 3.38. The second-order valence-electron chi connectivity index (χ2n) is 4.05. The quantitative estimate of drug-likeness (QED) is 0.535. The van der Waals surface area contributed by atoms with Gasteiger partial charge in [-0.05, 0) is 31.4 Å². The summed E-state index contributed by atoms with van der Waals surface area (Å²) < 4.78 is 0.774. The molecular formula is C10H18S. The highest BCUT2D eigenvalue weighted by atomic mass is 32.2. The second-order valence-corrected chi connectivity index (χ2v) is 5.61. The predicted molar refractivity (Wildman–Crippen MR) is 52.1 cm³/mol. The van der Waals surface area contributed by atoms with Gasteiger partial charge in [0.1, 0.15) is 0 Å². The van der Waals surface area contributed by atoms with Crippen LogP contribution in [-0.2, 0) is 0 Å². The summed E-state index contributed by atoms with van der Waals surface area (Å²) in [6.07, 6.45) is 12.1. The van der Waals surface area contributed by atoms with Gasteiger partial charge in [0.2, 0.25) is 0 Å². The van der Waals surface area contributed by atoms with E-state index in [-0.39, 0.29) is 0 Å². The van der Waals surface area contributed by atoms with Gasteiger partial charge in [-0.2, -0.15) is 11.8 Å². The minimum atomic E-state index is 0.774. The molecule has 1 spiro atoms. The van der Waals surface area contributed by atoms with Crippen molar-refractivity contribution in [3.8, 4) is 0 Å². The van der Waals surface area contributed by atoms with Gasteiger partial charge < -0.3 is 0 Å². The van der Waals surface area contributed by atoms with E-state index >= 15 is 0 Å². The fraction of sp³-hybridized carbons (Fsp3) is 1.00. The van der Waals surface area contributed by atoms with Crippen molar-refractivity contribution in [1.29, 1.82) is 0 Å².